The summed E-state index contributed by atoms with van der Waals surface area (Å²) in [7, 11) is 0. The zero-order chi connectivity index (χ0) is 15.8. The van der Waals surface area contributed by atoms with Crippen LogP contribution in [0.1, 0.15) is 48.8 Å². The van der Waals surface area contributed by atoms with Gasteiger partial charge in [0.1, 0.15) is 0 Å². The minimum atomic E-state index is -0.0765. The summed E-state index contributed by atoms with van der Waals surface area (Å²) in [5.41, 5.74) is 8.60. The van der Waals surface area contributed by atoms with Crippen molar-refractivity contribution < 1.29 is 4.74 Å². The third-order valence-electron chi connectivity index (χ3n) is 4.98. The summed E-state index contributed by atoms with van der Waals surface area (Å²) in [4.78, 5) is 12.4. The zero-order valence-electron chi connectivity index (χ0n) is 13.2. The van der Waals surface area contributed by atoms with E-state index in [9.17, 15) is 4.79 Å². The lowest BCUT2D eigenvalue weighted by Crippen LogP contribution is -2.41. The standard InChI is InChI=1S/C19H22N2O2/c20-16-10-15(14-6-7-14)11-21(19(16)22)17-8-9-18(17)23-12-13-4-2-1-3-5-13/h1-5,10-11,14,17-18H,6-9,12,20H2. The summed E-state index contributed by atoms with van der Waals surface area (Å²) in [5.74, 6) is 0.591. The van der Waals surface area contributed by atoms with E-state index in [0.717, 1.165) is 18.4 Å². The normalized spacial score (nSPS) is 23.5. The lowest BCUT2D eigenvalue weighted by atomic mass is 9.88. The monoisotopic (exact) mass is 310 g/mol. The third-order valence-corrected chi connectivity index (χ3v) is 4.98. The Morgan fingerprint density at radius 3 is 2.57 bits per heavy atom. The highest BCUT2D eigenvalue weighted by Gasteiger charge is 2.35. The number of pyridine rings is 1. The lowest BCUT2D eigenvalue weighted by Gasteiger charge is -2.38. The minimum absolute atomic E-state index is 0.0765. The number of anilines is 1. The minimum Gasteiger partial charge on any atom is -0.394 e. The molecule has 0 spiro atoms. The lowest BCUT2D eigenvalue weighted by molar-refractivity contribution is -0.0503. The number of ether oxygens (including phenoxy) is 1. The van der Waals surface area contributed by atoms with Crippen molar-refractivity contribution in [3.63, 3.8) is 0 Å². The number of hydrogen-bond donors (Lipinski definition) is 1. The van der Waals surface area contributed by atoms with Gasteiger partial charge in [-0.05, 0) is 48.8 Å². The van der Waals surface area contributed by atoms with Crippen LogP contribution in [0, 0.1) is 0 Å². The predicted octanol–water partition coefficient (Wildman–Crippen LogP) is 3.23. The average molecular weight is 310 g/mol. The van der Waals surface area contributed by atoms with E-state index in [-0.39, 0.29) is 17.7 Å². The molecule has 0 radical (unpaired) electrons. The molecule has 0 amide bonds. The third kappa shape index (κ3) is 2.91. The number of benzene rings is 1. The van der Waals surface area contributed by atoms with Crippen LogP contribution in [0.15, 0.2) is 47.4 Å². The molecule has 2 atom stereocenters. The molecule has 0 saturated heterocycles. The van der Waals surface area contributed by atoms with Crippen molar-refractivity contribution in [3.8, 4) is 0 Å². The molecule has 4 heteroatoms. The predicted molar refractivity (Wildman–Crippen MR) is 90.4 cm³/mol. The largest absolute Gasteiger partial charge is 0.394 e. The Morgan fingerprint density at radius 2 is 1.91 bits per heavy atom. The number of nitrogen functional groups attached to an aromatic ring is 1. The molecule has 4 nitrogen and oxygen atoms in total. The van der Waals surface area contributed by atoms with E-state index >= 15 is 0 Å². The molecule has 1 aromatic carbocycles. The van der Waals surface area contributed by atoms with E-state index in [1.165, 1.54) is 18.4 Å². The molecule has 4 rings (SSSR count). The molecule has 120 valence electrons. The molecular weight excluding hydrogens is 288 g/mol. The van der Waals surface area contributed by atoms with E-state index in [1.54, 1.807) is 0 Å². The summed E-state index contributed by atoms with van der Waals surface area (Å²) < 4.78 is 7.86. The van der Waals surface area contributed by atoms with Gasteiger partial charge in [-0.3, -0.25) is 4.79 Å². The fourth-order valence-electron chi connectivity index (χ4n) is 3.28. The van der Waals surface area contributed by atoms with Crippen molar-refractivity contribution in [2.24, 2.45) is 0 Å². The molecule has 2 fully saturated rings. The van der Waals surface area contributed by atoms with Gasteiger partial charge in [0.25, 0.3) is 5.56 Å². The topological polar surface area (TPSA) is 57.2 Å². The second-order valence-electron chi connectivity index (χ2n) is 6.70. The van der Waals surface area contributed by atoms with Crippen molar-refractivity contribution in [2.75, 3.05) is 5.73 Å². The van der Waals surface area contributed by atoms with Crippen molar-refractivity contribution in [1.82, 2.24) is 4.57 Å². The van der Waals surface area contributed by atoms with Crippen LogP contribution in [0.4, 0.5) is 5.69 Å². The molecule has 2 unspecified atom stereocenters. The van der Waals surface area contributed by atoms with Gasteiger partial charge >= 0.3 is 0 Å². The highest BCUT2D eigenvalue weighted by Crippen LogP contribution is 2.41. The number of hydrogen-bond acceptors (Lipinski definition) is 3. The van der Waals surface area contributed by atoms with Crippen molar-refractivity contribution >= 4 is 5.69 Å². The van der Waals surface area contributed by atoms with Crippen LogP contribution in [-0.4, -0.2) is 10.7 Å². The summed E-state index contributed by atoms with van der Waals surface area (Å²) in [6, 6.07) is 12.1. The van der Waals surface area contributed by atoms with E-state index < -0.39 is 0 Å². The van der Waals surface area contributed by atoms with Crippen LogP contribution in [0.2, 0.25) is 0 Å². The van der Waals surface area contributed by atoms with E-state index in [1.807, 2.05) is 35.0 Å². The van der Waals surface area contributed by atoms with Gasteiger partial charge in [-0.15, -0.1) is 0 Å². The van der Waals surface area contributed by atoms with Crippen molar-refractivity contribution in [1.29, 1.82) is 0 Å². The molecule has 0 aliphatic heterocycles. The molecular formula is C19H22N2O2. The van der Waals surface area contributed by atoms with Gasteiger partial charge in [-0.2, -0.15) is 0 Å². The molecule has 2 N–H and O–H groups in total. The molecule has 2 aliphatic carbocycles. The van der Waals surface area contributed by atoms with Crippen molar-refractivity contribution in [3.05, 3.63) is 64.1 Å². The summed E-state index contributed by atoms with van der Waals surface area (Å²) in [6.07, 6.45) is 6.50. The SMILES string of the molecule is Nc1cc(C2CC2)cn(C2CCC2OCc2ccccc2)c1=O. The summed E-state index contributed by atoms with van der Waals surface area (Å²) in [6.45, 7) is 0.592. The van der Waals surface area contributed by atoms with Gasteiger partial charge in [0.15, 0.2) is 0 Å². The van der Waals surface area contributed by atoms with Crippen molar-refractivity contribution in [2.45, 2.75) is 50.4 Å². The number of nitrogens with zero attached hydrogens (tertiary/aromatic N) is 1. The maximum atomic E-state index is 12.4. The zero-order valence-corrected chi connectivity index (χ0v) is 13.2. The maximum absolute atomic E-state index is 12.4. The van der Waals surface area contributed by atoms with Gasteiger partial charge in [0.2, 0.25) is 0 Å². The maximum Gasteiger partial charge on any atom is 0.274 e. The summed E-state index contributed by atoms with van der Waals surface area (Å²) in [5, 5.41) is 0. The fourth-order valence-corrected chi connectivity index (χ4v) is 3.28. The Balaban J connectivity index is 1.50. The van der Waals surface area contributed by atoms with Gasteiger partial charge < -0.3 is 15.0 Å². The molecule has 2 aromatic rings. The molecule has 1 aromatic heterocycles. The Hall–Kier alpha value is -2.07. The molecule has 0 bridgehead atoms. The molecule has 2 saturated carbocycles. The second kappa shape index (κ2) is 5.85. The van der Waals surface area contributed by atoms with Crippen LogP contribution in [0.25, 0.3) is 0 Å². The quantitative estimate of drug-likeness (QED) is 0.922. The number of nitrogens with two attached hydrogens (primary N) is 1. The fraction of sp³-hybridized carbons (Fsp3) is 0.421. The number of rotatable bonds is 5. The molecule has 2 aliphatic rings. The first-order valence-electron chi connectivity index (χ1n) is 8.39. The van der Waals surface area contributed by atoms with E-state index in [4.69, 9.17) is 10.5 Å². The Bertz CT molecular complexity index is 750. The van der Waals surface area contributed by atoms with Crippen LogP contribution in [-0.2, 0) is 11.3 Å². The van der Waals surface area contributed by atoms with Crippen LogP contribution < -0.4 is 11.3 Å². The Labute approximate surface area is 135 Å². The van der Waals surface area contributed by atoms with Gasteiger partial charge in [-0.1, -0.05) is 30.3 Å². The average Bonchev–Trinajstić information content (AvgIpc) is 3.36. The first kappa shape index (κ1) is 14.5. The highest BCUT2D eigenvalue weighted by molar-refractivity contribution is 5.40. The van der Waals surface area contributed by atoms with Gasteiger partial charge in [0, 0.05) is 6.20 Å². The van der Waals surface area contributed by atoms with Gasteiger partial charge in [0.05, 0.1) is 24.4 Å². The summed E-state index contributed by atoms with van der Waals surface area (Å²) >= 11 is 0. The smallest absolute Gasteiger partial charge is 0.274 e. The Kier molecular flexibility index (Phi) is 3.69. The van der Waals surface area contributed by atoms with Gasteiger partial charge in [-0.25, -0.2) is 0 Å². The first-order chi connectivity index (χ1) is 11.2. The van der Waals surface area contributed by atoms with E-state index in [0.29, 0.717) is 18.2 Å². The molecule has 1 heterocycles. The second-order valence-corrected chi connectivity index (χ2v) is 6.70. The van der Waals surface area contributed by atoms with Crippen LogP contribution >= 0.6 is 0 Å². The van der Waals surface area contributed by atoms with E-state index in [2.05, 4.69) is 12.1 Å². The highest BCUT2D eigenvalue weighted by atomic mass is 16.5. The Morgan fingerprint density at radius 1 is 1.13 bits per heavy atom. The van der Waals surface area contributed by atoms with Crippen LogP contribution in [0.5, 0.6) is 0 Å². The first-order valence-corrected chi connectivity index (χ1v) is 8.39. The van der Waals surface area contributed by atoms with Crippen LogP contribution in [0.3, 0.4) is 0 Å². The molecule has 23 heavy (non-hydrogen) atoms. The number of aromatic nitrogens is 1.